The van der Waals surface area contributed by atoms with E-state index in [0.717, 1.165) is 18.2 Å². The molecular formula is C17H18F2N2O3. The average molecular weight is 336 g/mol. The summed E-state index contributed by atoms with van der Waals surface area (Å²) in [6.07, 6.45) is 0. The molecule has 2 N–H and O–H groups in total. The van der Waals surface area contributed by atoms with Crippen LogP contribution < -0.4 is 20.1 Å². The van der Waals surface area contributed by atoms with Gasteiger partial charge in [0.2, 0.25) is 5.91 Å². The summed E-state index contributed by atoms with van der Waals surface area (Å²) in [6, 6.07) is 7.22. The zero-order chi connectivity index (χ0) is 17.7. The molecule has 0 aliphatic carbocycles. The van der Waals surface area contributed by atoms with Crippen molar-refractivity contribution in [2.45, 2.75) is 13.0 Å². The smallest absolute Gasteiger partial charge is 0.246 e. The molecule has 2 aromatic carbocycles. The van der Waals surface area contributed by atoms with Gasteiger partial charge in [0, 0.05) is 12.1 Å². The zero-order valence-corrected chi connectivity index (χ0v) is 13.5. The molecule has 1 amide bonds. The first-order chi connectivity index (χ1) is 11.4. The number of hydrogen-bond donors (Lipinski definition) is 2. The summed E-state index contributed by atoms with van der Waals surface area (Å²) in [5, 5.41) is 5.31. The van der Waals surface area contributed by atoms with Gasteiger partial charge >= 0.3 is 0 Å². The van der Waals surface area contributed by atoms with Crippen LogP contribution in [0.15, 0.2) is 36.4 Å². The second-order valence-corrected chi connectivity index (χ2v) is 5.05. The summed E-state index contributed by atoms with van der Waals surface area (Å²) in [6.45, 7) is 1.59. The highest BCUT2D eigenvalue weighted by Gasteiger charge is 2.17. The summed E-state index contributed by atoms with van der Waals surface area (Å²) in [7, 11) is 3.03. The van der Waals surface area contributed by atoms with E-state index in [1.807, 2.05) is 0 Å². The fourth-order valence-corrected chi connectivity index (χ4v) is 2.05. The van der Waals surface area contributed by atoms with E-state index in [9.17, 15) is 13.6 Å². The number of benzene rings is 2. The first-order valence-corrected chi connectivity index (χ1v) is 7.19. The molecular weight excluding hydrogens is 318 g/mol. The number of carbonyl (C=O) groups excluding carboxylic acids is 1. The molecule has 0 radical (unpaired) electrons. The minimum atomic E-state index is -0.713. The van der Waals surface area contributed by atoms with Gasteiger partial charge in [-0.3, -0.25) is 4.79 Å². The lowest BCUT2D eigenvalue weighted by Gasteiger charge is -2.18. The predicted molar refractivity (Wildman–Crippen MR) is 87.6 cm³/mol. The molecule has 5 nitrogen and oxygen atoms in total. The molecule has 7 heteroatoms. The van der Waals surface area contributed by atoms with Crippen LogP contribution in [0.2, 0.25) is 0 Å². The molecule has 0 aromatic heterocycles. The van der Waals surface area contributed by atoms with Gasteiger partial charge in [-0.1, -0.05) is 0 Å². The van der Waals surface area contributed by atoms with Crippen LogP contribution in [-0.2, 0) is 4.79 Å². The van der Waals surface area contributed by atoms with Gasteiger partial charge in [0.15, 0.2) is 0 Å². The van der Waals surface area contributed by atoms with Gasteiger partial charge in [0.05, 0.1) is 25.6 Å². The Kier molecular flexibility index (Phi) is 5.57. The lowest BCUT2D eigenvalue weighted by Crippen LogP contribution is -2.32. The van der Waals surface area contributed by atoms with Crippen molar-refractivity contribution in [2.24, 2.45) is 0 Å². The van der Waals surface area contributed by atoms with Crippen LogP contribution in [0.5, 0.6) is 11.5 Å². The van der Waals surface area contributed by atoms with E-state index >= 15 is 0 Å². The van der Waals surface area contributed by atoms with Crippen molar-refractivity contribution >= 4 is 17.3 Å². The van der Waals surface area contributed by atoms with E-state index in [2.05, 4.69) is 10.6 Å². The van der Waals surface area contributed by atoms with E-state index < -0.39 is 23.6 Å². The van der Waals surface area contributed by atoms with Crippen molar-refractivity contribution < 1.29 is 23.0 Å². The van der Waals surface area contributed by atoms with Gasteiger partial charge in [0.1, 0.15) is 29.2 Å². The number of methoxy groups -OCH3 is 2. The summed E-state index contributed by atoms with van der Waals surface area (Å²) in [4.78, 5) is 12.2. The Labute approximate surface area is 138 Å². The molecule has 0 aliphatic heterocycles. The summed E-state index contributed by atoms with van der Waals surface area (Å²) < 4.78 is 37.1. The lowest BCUT2D eigenvalue weighted by molar-refractivity contribution is -0.116. The summed E-state index contributed by atoms with van der Waals surface area (Å²) in [5.41, 5.74) is 0.357. The highest BCUT2D eigenvalue weighted by Crippen LogP contribution is 2.29. The van der Waals surface area contributed by atoms with Crippen LogP contribution in [0, 0.1) is 11.6 Å². The van der Waals surface area contributed by atoms with Gasteiger partial charge in [-0.05, 0) is 31.2 Å². The fraction of sp³-hybridized carbons (Fsp3) is 0.235. The highest BCUT2D eigenvalue weighted by atomic mass is 19.1. The molecule has 2 aromatic rings. The minimum Gasteiger partial charge on any atom is -0.497 e. The van der Waals surface area contributed by atoms with Crippen molar-refractivity contribution in [1.82, 2.24) is 0 Å². The first kappa shape index (κ1) is 17.5. The molecule has 0 bridgehead atoms. The molecule has 128 valence electrons. The standard InChI is InChI=1S/C17H18F2N2O3/c1-10(17(22)21-15-8-11(18)4-6-13(15)19)20-14-7-5-12(23-2)9-16(14)24-3/h4-10,20H,1-3H3,(H,21,22)/t10-/m0/s1. The third kappa shape index (κ3) is 4.13. The largest absolute Gasteiger partial charge is 0.497 e. The minimum absolute atomic E-state index is 0.213. The SMILES string of the molecule is COc1ccc(N[C@@H](C)C(=O)Nc2cc(F)ccc2F)c(OC)c1. The van der Waals surface area contributed by atoms with Crippen LogP contribution in [0.3, 0.4) is 0 Å². The third-order valence-electron chi connectivity index (χ3n) is 3.36. The third-order valence-corrected chi connectivity index (χ3v) is 3.36. The van der Waals surface area contributed by atoms with Gasteiger partial charge in [-0.25, -0.2) is 8.78 Å². The maximum atomic E-state index is 13.6. The van der Waals surface area contributed by atoms with Crippen molar-refractivity contribution in [2.75, 3.05) is 24.9 Å². The van der Waals surface area contributed by atoms with Crippen LogP contribution in [-0.4, -0.2) is 26.2 Å². The molecule has 0 heterocycles. The number of rotatable bonds is 6. The number of amides is 1. The lowest BCUT2D eigenvalue weighted by atomic mass is 10.2. The maximum Gasteiger partial charge on any atom is 0.246 e. The number of anilines is 2. The molecule has 0 aliphatic rings. The Morgan fingerprint density at radius 2 is 1.79 bits per heavy atom. The molecule has 1 atom stereocenters. The normalized spacial score (nSPS) is 11.5. The predicted octanol–water partition coefficient (Wildman–Crippen LogP) is 3.42. The van der Waals surface area contributed by atoms with E-state index in [1.165, 1.54) is 14.2 Å². The van der Waals surface area contributed by atoms with E-state index in [-0.39, 0.29) is 5.69 Å². The number of nitrogens with one attached hydrogen (secondary N) is 2. The number of hydrogen-bond acceptors (Lipinski definition) is 4. The molecule has 24 heavy (non-hydrogen) atoms. The second-order valence-electron chi connectivity index (χ2n) is 5.05. The Morgan fingerprint density at radius 1 is 1.04 bits per heavy atom. The number of halogens is 2. The zero-order valence-electron chi connectivity index (χ0n) is 13.5. The highest BCUT2D eigenvalue weighted by molar-refractivity contribution is 5.96. The molecule has 0 fully saturated rings. The quantitative estimate of drug-likeness (QED) is 0.849. The monoisotopic (exact) mass is 336 g/mol. The number of carbonyl (C=O) groups is 1. The van der Waals surface area contributed by atoms with E-state index in [0.29, 0.717) is 17.2 Å². The van der Waals surface area contributed by atoms with Crippen molar-refractivity contribution in [3.8, 4) is 11.5 Å². The van der Waals surface area contributed by atoms with Gasteiger partial charge < -0.3 is 20.1 Å². The second kappa shape index (κ2) is 7.63. The molecule has 2 rings (SSSR count). The Hall–Kier alpha value is -2.83. The van der Waals surface area contributed by atoms with Crippen molar-refractivity contribution in [3.63, 3.8) is 0 Å². The van der Waals surface area contributed by atoms with Crippen LogP contribution in [0.4, 0.5) is 20.2 Å². The Bertz CT molecular complexity index is 738. The maximum absolute atomic E-state index is 13.6. The molecule has 0 unspecified atom stereocenters. The van der Waals surface area contributed by atoms with Crippen LogP contribution >= 0.6 is 0 Å². The summed E-state index contributed by atoms with van der Waals surface area (Å²) in [5.74, 6) is -0.761. The Balaban J connectivity index is 2.10. The van der Waals surface area contributed by atoms with Crippen molar-refractivity contribution in [1.29, 1.82) is 0 Å². The molecule has 0 spiro atoms. The Morgan fingerprint density at radius 3 is 2.46 bits per heavy atom. The molecule has 0 saturated carbocycles. The van der Waals surface area contributed by atoms with Gasteiger partial charge in [-0.2, -0.15) is 0 Å². The fourth-order valence-electron chi connectivity index (χ4n) is 2.05. The molecule has 0 saturated heterocycles. The average Bonchev–Trinajstić information content (AvgIpc) is 2.58. The van der Waals surface area contributed by atoms with Crippen LogP contribution in [0.25, 0.3) is 0 Å². The van der Waals surface area contributed by atoms with E-state index in [1.54, 1.807) is 25.1 Å². The van der Waals surface area contributed by atoms with Crippen molar-refractivity contribution in [3.05, 3.63) is 48.0 Å². The number of ether oxygens (including phenoxy) is 2. The summed E-state index contributed by atoms with van der Waals surface area (Å²) >= 11 is 0. The van der Waals surface area contributed by atoms with E-state index in [4.69, 9.17) is 9.47 Å². The van der Waals surface area contributed by atoms with Gasteiger partial charge in [0.25, 0.3) is 0 Å². The van der Waals surface area contributed by atoms with Crippen LogP contribution in [0.1, 0.15) is 6.92 Å². The van der Waals surface area contributed by atoms with Gasteiger partial charge in [-0.15, -0.1) is 0 Å². The topological polar surface area (TPSA) is 59.6 Å². The first-order valence-electron chi connectivity index (χ1n) is 7.19.